The van der Waals surface area contributed by atoms with Crippen molar-refractivity contribution < 1.29 is 9.47 Å². The van der Waals surface area contributed by atoms with E-state index in [1.807, 2.05) is 42.5 Å². The molecule has 0 aliphatic carbocycles. The quantitative estimate of drug-likeness (QED) is 0.707. The van der Waals surface area contributed by atoms with Crippen molar-refractivity contribution in [3.8, 4) is 17.0 Å². The number of nitrogens with zero attached hydrogens (tertiary/aromatic N) is 3. The molecule has 1 aliphatic rings. The topological polar surface area (TPSA) is 78.3 Å². The van der Waals surface area contributed by atoms with E-state index in [9.17, 15) is 4.79 Å². The average molecular weight is 378 g/mol. The van der Waals surface area contributed by atoms with Crippen LogP contribution in [0.4, 0.5) is 0 Å². The summed E-state index contributed by atoms with van der Waals surface area (Å²) in [5.74, 6) is 0.746. The number of nitrogens with one attached hydrogen (secondary N) is 1. The summed E-state index contributed by atoms with van der Waals surface area (Å²) in [7, 11) is 1.63. The zero-order valence-corrected chi connectivity index (χ0v) is 15.6. The van der Waals surface area contributed by atoms with Crippen molar-refractivity contribution in [1.82, 2.24) is 20.1 Å². The average Bonchev–Trinajstić information content (AvgIpc) is 3.22. The molecule has 144 valence electrons. The van der Waals surface area contributed by atoms with E-state index in [1.54, 1.807) is 25.4 Å². The van der Waals surface area contributed by atoms with Gasteiger partial charge in [0, 0.05) is 24.4 Å². The lowest BCUT2D eigenvalue weighted by Gasteiger charge is -2.20. The molecule has 7 heteroatoms. The van der Waals surface area contributed by atoms with Crippen molar-refractivity contribution >= 4 is 0 Å². The highest BCUT2D eigenvalue weighted by Gasteiger charge is 2.31. The Morgan fingerprint density at radius 3 is 2.93 bits per heavy atom. The van der Waals surface area contributed by atoms with Crippen molar-refractivity contribution in [2.24, 2.45) is 0 Å². The number of pyridine rings is 1. The Balaban J connectivity index is 1.57. The van der Waals surface area contributed by atoms with Crippen LogP contribution in [0, 0.1) is 0 Å². The maximum absolute atomic E-state index is 12.5. The van der Waals surface area contributed by atoms with Gasteiger partial charge >= 0.3 is 0 Å². The van der Waals surface area contributed by atoms with Crippen molar-refractivity contribution in [2.75, 3.05) is 20.3 Å². The molecule has 0 radical (unpaired) electrons. The van der Waals surface area contributed by atoms with E-state index in [4.69, 9.17) is 9.47 Å². The minimum atomic E-state index is -0.179. The first kappa shape index (κ1) is 18.3. The van der Waals surface area contributed by atoms with Gasteiger partial charge < -0.3 is 14.8 Å². The summed E-state index contributed by atoms with van der Waals surface area (Å²) in [6.45, 7) is 1.57. The third-order valence-electron chi connectivity index (χ3n) is 4.83. The van der Waals surface area contributed by atoms with E-state index in [1.165, 1.54) is 4.68 Å². The van der Waals surface area contributed by atoms with Crippen LogP contribution in [0.3, 0.4) is 0 Å². The molecule has 0 spiro atoms. The fraction of sp³-hybridized carbons (Fsp3) is 0.286. The van der Waals surface area contributed by atoms with Crippen LogP contribution in [0.2, 0.25) is 0 Å². The second-order valence-electron chi connectivity index (χ2n) is 6.65. The van der Waals surface area contributed by atoms with Crippen LogP contribution in [0.25, 0.3) is 11.3 Å². The normalized spacial score (nSPS) is 18.9. The van der Waals surface area contributed by atoms with E-state index in [0.717, 1.165) is 17.0 Å². The molecule has 1 saturated heterocycles. The summed E-state index contributed by atoms with van der Waals surface area (Å²) in [6, 6.07) is 16.5. The Kier molecular flexibility index (Phi) is 5.45. The maximum atomic E-state index is 12.5. The zero-order valence-electron chi connectivity index (χ0n) is 15.6. The number of benzene rings is 1. The van der Waals surface area contributed by atoms with Gasteiger partial charge in [-0.2, -0.15) is 5.10 Å². The number of hydrogen-bond donors (Lipinski definition) is 1. The molecule has 2 aromatic heterocycles. The fourth-order valence-electron chi connectivity index (χ4n) is 3.32. The molecule has 2 unspecified atom stereocenters. The number of ether oxygens (including phenoxy) is 2. The summed E-state index contributed by atoms with van der Waals surface area (Å²) in [6.07, 6.45) is 1.77. The molecule has 1 fully saturated rings. The van der Waals surface area contributed by atoms with Gasteiger partial charge in [0.25, 0.3) is 5.56 Å². The summed E-state index contributed by atoms with van der Waals surface area (Å²) < 4.78 is 12.5. The number of hydrogen-bond acceptors (Lipinski definition) is 6. The van der Waals surface area contributed by atoms with Gasteiger partial charge in [0.2, 0.25) is 0 Å². The predicted octanol–water partition coefficient (Wildman–Crippen LogP) is 2.04. The Morgan fingerprint density at radius 2 is 2.11 bits per heavy atom. The van der Waals surface area contributed by atoms with E-state index >= 15 is 0 Å². The summed E-state index contributed by atoms with van der Waals surface area (Å²) in [5.41, 5.74) is 2.41. The molecule has 3 aromatic rings. The molecule has 1 aliphatic heterocycles. The first-order valence-corrected chi connectivity index (χ1v) is 9.20. The molecule has 2 atom stereocenters. The lowest BCUT2D eigenvalue weighted by Crippen LogP contribution is -2.41. The molecular formula is C21H22N4O3. The van der Waals surface area contributed by atoms with E-state index in [-0.39, 0.29) is 17.6 Å². The first-order chi connectivity index (χ1) is 13.7. The van der Waals surface area contributed by atoms with Gasteiger partial charge in [0.1, 0.15) is 5.75 Å². The summed E-state index contributed by atoms with van der Waals surface area (Å²) in [5, 5.41) is 8.06. The third-order valence-corrected chi connectivity index (χ3v) is 4.83. The SMILES string of the molecule is COc1cccc(-c2ccc(=O)n(C3COCC3NCc3ccccn3)n2)c1. The molecule has 1 aromatic carbocycles. The number of methoxy groups -OCH3 is 1. The van der Waals surface area contributed by atoms with Crippen molar-refractivity contribution in [3.05, 3.63) is 76.8 Å². The lowest BCUT2D eigenvalue weighted by molar-refractivity contribution is 0.181. The van der Waals surface area contributed by atoms with Gasteiger partial charge in [-0.05, 0) is 30.3 Å². The van der Waals surface area contributed by atoms with Crippen LogP contribution in [-0.2, 0) is 11.3 Å². The monoisotopic (exact) mass is 378 g/mol. The molecule has 0 saturated carbocycles. The van der Waals surface area contributed by atoms with Crippen LogP contribution < -0.4 is 15.6 Å². The number of rotatable bonds is 6. The zero-order chi connectivity index (χ0) is 19.3. The molecule has 1 N–H and O–H groups in total. The minimum Gasteiger partial charge on any atom is -0.497 e. The standard InChI is InChI=1S/C21H22N4O3/c1-27-17-7-4-5-15(11-17)18-8-9-21(26)25(24-18)20-14-28-13-19(20)23-12-16-6-2-3-10-22-16/h2-11,19-20,23H,12-14H2,1H3. The van der Waals surface area contributed by atoms with Gasteiger partial charge in [-0.25, -0.2) is 4.68 Å². The minimum absolute atomic E-state index is 0.0206. The Bertz CT molecular complexity index is 990. The van der Waals surface area contributed by atoms with Crippen LogP contribution in [-0.4, -0.2) is 41.1 Å². The van der Waals surface area contributed by atoms with Crippen molar-refractivity contribution in [1.29, 1.82) is 0 Å². The second-order valence-corrected chi connectivity index (χ2v) is 6.65. The lowest BCUT2D eigenvalue weighted by atomic mass is 10.1. The molecule has 0 bridgehead atoms. The van der Waals surface area contributed by atoms with Crippen LogP contribution in [0.15, 0.2) is 65.6 Å². The van der Waals surface area contributed by atoms with Crippen molar-refractivity contribution in [2.45, 2.75) is 18.6 Å². The Morgan fingerprint density at radius 1 is 1.18 bits per heavy atom. The van der Waals surface area contributed by atoms with Gasteiger partial charge in [-0.1, -0.05) is 18.2 Å². The van der Waals surface area contributed by atoms with Gasteiger partial charge in [0.15, 0.2) is 0 Å². The van der Waals surface area contributed by atoms with Crippen LogP contribution in [0.5, 0.6) is 5.75 Å². The van der Waals surface area contributed by atoms with Crippen LogP contribution in [0.1, 0.15) is 11.7 Å². The molecule has 4 rings (SSSR count). The van der Waals surface area contributed by atoms with Gasteiger partial charge in [0.05, 0.1) is 43.8 Å². The number of aromatic nitrogens is 3. The Labute approximate surface area is 163 Å². The first-order valence-electron chi connectivity index (χ1n) is 9.20. The molecule has 3 heterocycles. The maximum Gasteiger partial charge on any atom is 0.267 e. The molecular weight excluding hydrogens is 356 g/mol. The predicted molar refractivity (Wildman–Crippen MR) is 105 cm³/mol. The highest BCUT2D eigenvalue weighted by molar-refractivity contribution is 5.60. The summed E-state index contributed by atoms with van der Waals surface area (Å²) in [4.78, 5) is 16.8. The van der Waals surface area contributed by atoms with Crippen molar-refractivity contribution in [3.63, 3.8) is 0 Å². The smallest absolute Gasteiger partial charge is 0.267 e. The molecule has 28 heavy (non-hydrogen) atoms. The highest BCUT2D eigenvalue weighted by atomic mass is 16.5. The van der Waals surface area contributed by atoms with Gasteiger partial charge in [-0.15, -0.1) is 0 Å². The van der Waals surface area contributed by atoms with Crippen LogP contribution >= 0.6 is 0 Å². The van der Waals surface area contributed by atoms with E-state index in [0.29, 0.717) is 25.5 Å². The van der Waals surface area contributed by atoms with E-state index in [2.05, 4.69) is 15.4 Å². The van der Waals surface area contributed by atoms with E-state index < -0.39 is 0 Å². The van der Waals surface area contributed by atoms with Gasteiger partial charge in [-0.3, -0.25) is 9.78 Å². The molecule has 7 nitrogen and oxygen atoms in total. The summed E-state index contributed by atoms with van der Waals surface area (Å²) >= 11 is 0. The largest absolute Gasteiger partial charge is 0.497 e. The fourth-order valence-corrected chi connectivity index (χ4v) is 3.32. The second kappa shape index (κ2) is 8.33. The molecule has 0 amide bonds. The Hall–Kier alpha value is -3.03. The third kappa shape index (κ3) is 3.95. The highest BCUT2D eigenvalue weighted by Crippen LogP contribution is 2.23.